The lowest BCUT2D eigenvalue weighted by atomic mass is 10.2. The quantitative estimate of drug-likeness (QED) is 0.654. The monoisotopic (exact) mass is 331 g/mol. The Hall–Kier alpha value is -1.43. The van der Waals surface area contributed by atoms with E-state index in [0.29, 0.717) is 6.61 Å². The molecule has 1 aromatic heterocycles. The summed E-state index contributed by atoms with van der Waals surface area (Å²) in [6.45, 7) is 5.54. The first-order valence-corrected chi connectivity index (χ1v) is 9.11. The number of benzene rings is 1. The largest absolute Gasteiger partial charge is 0.377 e. The van der Waals surface area contributed by atoms with Crippen LogP contribution in [0.5, 0.6) is 0 Å². The Kier molecular flexibility index (Phi) is 7.52. The van der Waals surface area contributed by atoms with Gasteiger partial charge in [-0.1, -0.05) is 19.1 Å². The molecule has 0 saturated carbocycles. The van der Waals surface area contributed by atoms with Crippen LogP contribution in [0.2, 0.25) is 0 Å². The zero-order chi connectivity index (χ0) is 16.5. The minimum Gasteiger partial charge on any atom is -0.377 e. The number of hydrogen-bond acceptors (Lipinski definition) is 5. The maximum absolute atomic E-state index is 5.05. The van der Waals surface area contributed by atoms with Gasteiger partial charge in [0, 0.05) is 43.1 Å². The molecule has 0 spiro atoms. The lowest BCUT2D eigenvalue weighted by Gasteiger charge is -2.21. The molecule has 5 heteroatoms. The van der Waals surface area contributed by atoms with Gasteiger partial charge in [0.2, 0.25) is 0 Å². The highest BCUT2D eigenvalue weighted by molar-refractivity contribution is 7.98. The maximum Gasteiger partial charge on any atom is 0.153 e. The van der Waals surface area contributed by atoms with E-state index in [1.807, 2.05) is 12.4 Å². The highest BCUT2D eigenvalue weighted by Gasteiger charge is 2.07. The molecule has 0 saturated heterocycles. The summed E-state index contributed by atoms with van der Waals surface area (Å²) in [7, 11) is 1.66. The van der Waals surface area contributed by atoms with Gasteiger partial charge < -0.3 is 4.74 Å². The summed E-state index contributed by atoms with van der Waals surface area (Å²) in [4.78, 5) is 12.4. The number of ether oxygens (including phenoxy) is 1. The van der Waals surface area contributed by atoms with E-state index in [4.69, 9.17) is 4.74 Å². The van der Waals surface area contributed by atoms with Crippen LogP contribution in [0.25, 0.3) is 0 Å². The van der Waals surface area contributed by atoms with Gasteiger partial charge in [0.25, 0.3) is 0 Å². The molecule has 4 nitrogen and oxygen atoms in total. The second-order valence-electron chi connectivity index (χ2n) is 5.50. The fourth-order valence-electron chi connectivity index (χ4n) is 2.44. The number of hydrogen-bond donors (Lipinski definition) is 0. The van der Waals surface area contributed by atoms with Crippen LogP contribution in [0.15, 0.2) is 41.6 Å². The van der Waals surface area contributed by atoms with Gasteiger partial charge in [-0.15, -0.1) is 11.8 Å². The Bertz CT molecular complexity index is 572. The van der Waals surface area contributed by atoms with Gasteiger partial charge >= 0.3 is 0 Å². The number of nitrogens with zero attached hydrogens (tertiary/aromatic N) is 3. The zero-order valence-corrected chi connectivity index (χ0v) is 15.0. The molecule has 0 aliphatic carbocycles. The van der Waals surface area contributed by atoms with E-state index in [2.05, 4.69) is 52.3 Å². The molecule has 1 aromatic carbocycles. The third-order valence-electron chi connectivity index (χ3n) is 3.54. The van der Waals surface area contributed by atoms with Crippen LogP contribution in [0.1, 0.15) is 30.3 Å². The van der Waals surface area contributed by atoms with Crippen molar-refractivity contribution in [3.8, 4) is 0 Å². The number of methoxy groups -OCH3 is 1. The molecule has 0 amide bonds. The Morgan fingerprint density at radius 2 is 1.70 bits per heavy atom. The SMILES string of the molecule is CCCN(Cc1ccc(SC)cc1)Cc1cnc(COC)nc1. The average Bonchev–Trinajstić information content (AvgIpc) is 2.58. The molecule has 0 bridgehead atoms. The van der Waals surface area contributed by atoms with E-state index in [9.17, 15) is 0 Å². The lowest BCUT2D eigenvalue weighted by Crippen LogP contribution is -2.24. The summed E-state index contributed by atoms with van der Waals surface area (Å²) < 4.78 is 5.05. The average molecular weight is 331 g/mol. The summed E-state index contributed by atoms with van der Waals surface area (Å²) in [6.07, 6.45) is 7.04. The van der Waals surface area contributed by atoms with Gasteiger partial charge in [-0.25, -0.2) is 9.97 Å². The molecule has 0 N–H and O–H groups in total. The van der Waals surface area contributed by atoms with Gasteiger partial charge in [-0.2, -0.15) is 0 Å². The maximum atomic E-state index is 5.05. The van der Waals surface area contributed by atoms with E-state index < -0.39 is 0 Å². The zero-order valence-electron chi connectivity index (χ0n) is 14.2. The Morgan fingerprint density at radius 3 is 2.26 bits per heavy atom. The van der Waals surface area contributed by atoms with E-state index in [1.165, 1.54) is 10.5 Å². The second-order valence-corrected chi connectivity index (χ2v) is 6.38. The molecular weight excluding hydrogens is 306 g/mol. The minimum absolute atomic E-state index is 0.459. The fourth-order valence-corrected chi connectivity index (χ4v) is 2.85. The summed E-state index contributed by atoms with van der Waals surface area (Å²) >= 11 is 1.77. The lowest BCUT2D eigenvalue weighted by molar-refractivity contribution is 0.177. The molecule has 23 heavy (non-hydrogen) atoms. The van der Waals surface area contributed by atoms with Crippen molar-refractivity contribution >= 4 is 11.8 Å². The highest BCUT2D eigenvalue weighted by Crippen LogP contribution is 2.16. The van der Waals surface area contributed by atoms with Crippen LogP contribution in [0.3, 0.4) is 0 Å². The first-order valence-electron chi connectivity index (χ1n) is 7.89. The molecule has 0 atom stereocenters. The van der Waals surface area contributed by atoms with Crippen molar-refractivity contribution in [2.45, 2.75) is 37.9 Å². The number of aromatic nitrogens is 2. The van der Waals surface area contributed by atoms with Gasteiger partial charge in [-0.05, 0) is 36.9 Å². The molecule has 124 valence electrons. The molecule has 2 aromatic rings. The van der Waals surface area contributed by atoms with Crippen molar-refractivity contribution in [2.24, 2.45) is 0 Å². The number of thioether (sulfide) groups is 1. The molecule has 0 aliphatic rings. The molecular formula is C18H25N3OS. The van der Waals surface area contributed by atoms with Gasteiger partial charge in [0.1, 0.15) is 6.61 Å². The van der Waals surface area contributed by atoms with Crippen LogP contribution in [-0.4, -0.2) is 34.8 Å². The standard InChI is InChI=1S/C18H25N3OS/c1-4-9-21(12-15-5-7-17(23-3)8-6-15)13-16-10-19-18(14-22-2)20-11-16/h5-8,10-11H,4,9,12-14H2,1-3H3. The molecule has 0 fully saturated rings. The van der Waals surface area contributed by atoms with Crippen molar-refractivity contribution in [3.05, 3.63) is 53.6 Å². The van der Waals surface area contributed by atoms with Crippen molar-refractivity contribution < 1.29 is 4.74 Å². The third kappa shape index (κ3) is 5.94. The number of rotatable bonds is 9. The summed E-state index contributed by atoms with van der Waals surface area (Å²) in [5.41, 5.74) is 2.48. The Balaban J connectivity index is 1.99. The van der Waals surface area contributed by atoms with E-state index >= 15 is 0 Å². The smallest absolute Gasteiger partial charge is 0.153 e. The predicted octanol–water partition coefficient (Wildman–Crippen LogP) is 3.76. The molecule has 0 unspecified atom stereocenters. The van der Waals surface area contributed by atoms with E-state index in [1.54, 1.807) is 18.9 Å². The van der Waals surface area contributed by atoms with E-state index in [0.717, 1.165) is 37.4 Å². The molecule has 0 radical (unpaired) electrons. The van der Waals surface area contributed by atoms with Crippen LogP contribution in [0.4, 0.5) is 0 Å². The molecule has 1 heterocycles. The Morgan fingerprint density at radius 1 is 1.04 bits per heavy atom. The van der Waals surface area contributed by atoms with Crippen molar-refractivity contribution in [3.63, 3.8) is 0 Å². The Labute approximate surface area is 143 Å². The van der Waals surface area contributed by atoms with Gasteiger partial charge in [-0.3, -0.25) is 4.90 Å². The third-order valence-corrected chi connectivity index (χ3v) is 4.29. The van der Waals surface area contributed by atoms with Crippen LogP contribution in [0, 0.1) is 0 Å². The topological polar surface area (TPSA) is 38.2 Å². The molecule has 0 aliphatic heterocycles. The van der Waals surface area contributed by atoms with Crippen molar-refractivity contribution in [2.75, 3.05) is 19.9 Å². The highest BCUT2D eigenvalue weighted by atomic mass is 32.2. The van der Waals surface area contributed by atoms with Crippen molar-refractivity contribution in [1.82, 2.24) is 14.9 Å². The second kappa shape index (κ2) is 9.65. The summed E-state index contributed by atoms with van der Waals surface area (Å²) in [5.74, 6) is 0.728. The van der Waals surface area contributed by atoms with Crippen LogP contribution >= 0.6 is 11.8 Å². The normalized spacial score (nSPS) is 11.1. The molecule has 2 rings (SSSR count). The first-order chi connectivity index (χ1) is 11.2. The minimum atomic E-state index is 0.459. The summed E-state index contributed by atoms with van der Waals surface area (Å²) in [5, 5.41) is 0. The van der Waals surface area contributed by atoms with E-state index in [-0.39, 0.29) is 0 Å². The predicted molar refractivity (Wildman–Crippen MR) is 95.4 cm³/mol. The van der Waals surface area contributed by atoms with Gasteiger partial charge in [0.15, 0.2) is 5.82 Å². The van der Waals surface area contributed by atoms with Crippen LogP contribution < -0.4 is 0 Å². The summed E-state index contributed by atoms with van der Waals surface area (Å²) in [6, 6.07) is 8.80. The van der Waals surface area contributed by atoms with Crippen molar-refractivity contribution in [1.29, 1.82) is 0 Å². The fraction of sp³-hybridized carbons (Fsp3) is 0.444. The first kappa shape index (κ1) is 17.9. The van der Waals surface area contributed by atoms with Gasteiger partial charge in [0.05, 0.1) is 0 Å². The van der Waals surface area contributed by atoms with Crippen LogP contribution in [-0.2, 0) is 24.4 Å².